The van der Waals surface area contributed by atoms with Gasteiger partial charge in [0.05, 0.1) is 5.69 Å². The second kappa shape index (κ2) is 8.13. The number of hydrogen-bond acceptors (Lipinski definition) is 2. The largest absolute Gasteiger partial charge is 0.330 e. The van der Waals surface area contributed by atoms with Crippen molar-refractivity contribution in [3.8, 4) is 0 Å². The van der Waals surface area contributed by atoms with Crippen LogP contribution in [0.15, 0.2) is 24.3 Å². The zero-order valence-electron chi connectivity index (χ0n) is 12.6. The van der Waals surface area contributed by atoms with Gasteiger partial charge in [0.1, 0.15) is 5.82 Å². The number of benzene rings is 1. The number of rotatable bonds is 5. The van der Waals surface area contributed by atoms with Crippen LogP contribution < -0.4 is 10.6 Å². The van der Waals surface area contributed by atoms with Crippen LogP contribution in [0.1, 0.15) is 44.9 Å². The van der Waals surface area contributed by atoms with E-state index in [0.29, 0.717) is 25.2 Å². The molecule has 2 rings (SSSR count). The van der Waals surface area contributed by atoms with Crippen LogP contribution in [0.4, 0.5) is 10.1 Å². The Balaban J connectivity index is 2.18. The minimum atomic E-state index is -0.337. The summed E-state index contributed by atoms with van der Waals surface area (Å²) in [7, 11) is 0. The zero-order valence-corrected chi connectivity index (χ0v) is 12.6. The van der Waals surface area contributed by atoms with Crippen molar-refractivity contribution in [2.45, 2.75) is 44.9 Å². The van der Waals surface area contributed by atoms with Crippen molar-refractivity contribution in [1.29, 1.82) is 0 Å². The number of amides is 1. The van der Waals surface area contributed by atoms with E-state index in [2.05, 4.69) is 0 Å². The molecular weight excluding hydrogens is 267 g/mol. The summed E-state index contributed by atoms with van der Waals surface area (Å²) in [5, 5.41) is 0. The van der Waals surface area contributed by atoms with Crippen molar-refractivity contribution >= 4 is 11.6 Å². The fraction of sp³-hybridized carbons (Fsp3) is 0.588. The van der Waals surface area contributed by atoms with Gasteiger partial charge >= 0.3 is 0 Å². The maximum absolute atomic E-state index is 14.0. The molecule has 1 aromatic carbocycles. The first-order valence-corrected chi connectivity index (χ1v) is 8.00. The highest BCUT2D eigenvalue weighted by Gasteiger charge is 2.27. The van der Waals surface area contributed by atoms with Crippen molar-refractivity contribution in [1.82, 2.24) is 0 Å². The second-order valence-electron chi connectivity index (χ2n) is 5.77. The van der Waals surface area contributed by atoms with Crippen molar-refractivity contribution in [3.05, 3.63) is 30.1 Å². The molecule has 0 aromatic heterocycles. The Bertz CT molecular complexity index is 456. The summed E-state index contributed by atoms with van der Waals surface area (Å²) in [4.78, 5) is 14.4. The summed E-state index contributed by atoms with van der Waals surface area (Å²) in [5.41, 5.74) is 5.95. The van der Waals surface area contributed by atoms with E-state index in [-0.39, 0.29) is 17.6 Å². The van der Waals surface area contributed by atoms with Crippen molar-refractivity contribution in [2.75, 3.05) is 18.0 Å². The third-order valence-corrected chi connectivity index (χ3v) is 4.20. The molecule has 116 valence electrons. The Hall–Kier alpha value is -1.42. The van der Waals surface area contributed by atoms with Gasteiger partial charge in [0.25, 0.3) is 0 Å². The number of carbonyl (C=O) groups is 1. The fourth-order valence-electron chi connectivity index (χ4n) is 3.02. The van der Waals surface area contributed by atoms with E-state index in [9.17, 15) is 9.18 Å². The Morgan fingerprint density at radius 3 is 2.48 bits per heavy atom. The molecule has 0 radical (unpaired) electrons. The van der Waals surface area contributed by atoms with E-state index in [1.54, 1.807) is 23.1 Å². The number of hydrogen-bond donors (Lipinski definition) is 1. The highest BCUT2D eigenvalue weighted by molar-refractivity contribution is 5.95. The summed E-state index contributed by atoms with van der Waals surface area (Å²) in [6.45, 7) is 0.996. The smallest absolute Gasteiger partial charge is 0.230 e. The molecule has 0 atom stereocenters. The lowest BCUT2D eigenvalue weighted by Crippen LogP contribution is -2.38. The van der Waals surface area contributed by atoms with Crippen LogP contribution in [0.3, 0.4) is 0 Å². The highest BCUT2D eigenvalue weighted by Crippen LogP contribution is 2.28. The molecule has 2 N–H and O–H groups in total. The summed E-state index contributed by atoms with van der Waals surface area (Å²) < 4.78 is 14.0. The normalized spacial score (nSPS) is 16.5. The number of nitrogens with two attached hydrogens (primary N) is 1. The Morgan fingerprint density at radius 2 is 1.86 bits per heavy atom. The predicted molar refractivity (Wildman–Crippen MR) is 83.6 cm³/mol. The van der Waals surface area contributed by atoms with Gasteiger partial charge < -0.3 is 10.6 Å². The van der Waals surface area contributed by atoms with E-state index in [1.807, 2.05) is 0 Å². The maximum Gasteiger partial charge on any atom is 0.230 e. The highest BCUT2D eigenvalue weighted by atomic mass is 19.1. The van der Waals surface area contributed by atoms with E-state index < -0.39 is 0 Å². The third-order valence-electron chi connectivity index (χ3n) is 4.20. The lowest BCUT2D eigenvalue weighted by Gasteiger charge is -2.27. The zero-order chi connectivity index (χ0) is 15.1. The van der Waals surface area contributed by atoms with E-state index in [4.69, 9.17) is 5.73 Å². The molecule has 0 spiro atoms. The molecule has 0 bridgehead atoms. The molecular formula is C17H25FN2O. The van der Waals surface area contributed by atoms with Crippen LogP contribution in [0.5, 0.6) is 0 Å². The molecule has 4 heteroatoms. The molecule has 0 saturated heterocycles. The molecule has 0 heterocycles. The Labute approximate surface area is 126 Å². The molecule has 3 nitrogen and oxygen atoms in total. The van der Waals surface area contributed by atoms with Gasteiger partial charge in [-0.15, -0.1) is 0 Å². The number of para-hydroxylation sites is 1. The van der Waals surface area contributed by atoms with Crippen LogP contribution in [-0.4, -0.2) is 19.0 Å². The first kappa shape index (κ1) is 16.0. The van der Waals surface area contributed by atoms with Gasteiger partial charge in [-0.25, -0.2) is 4.39 Å². The molecule has 1 fully saturated rings. The lowest BCUT2D eigenvalue weighted by molar-refractivity contribution is -0.122. The van der Waals surface area contributed by atoms with Crippen molar-refractivity contribution < 1.29 is 9.18 Å². The fourth-order valence-corrected chi connectivity index (χ4v) is 3.02. The second-order valence-corrected chi connectivity index (χ2v) is 5.77. The monoisotopic (exact) mass is 292 g/mol. The van der Waals surface area contributed by atoms with Crippen LogP contribution in [0, 0.1) is 11.7 Å². The Morgan fingerprint density at radius 1 is 1.19 bits per heavy atom. The molecule has 1 amide bonds. The molecule has 21 heavy (non-hydrogen) atoms. The summed E-state index contributed by atoms with van der Waals surface area (Å²) >= 11 is 0. The Kier molecular flexibility index (Phi) is 6.18. The minimum Gasteiger partial charge on any atom is -0.330 e. The standard InChI is InChI=1S/C17H25FN2O/c18-15-10-5-6-11-16(15)20(13-7-12-19)17(21)14-8-3-1-2-4-9-14/h5-6,10-11,14H,1-4,7-9,12-13,19H2. The number of anilines is 1. The van der Waals surface area contributed by atoms with Crippen LogP contribution >= 0.6 is 0 Å². The van der Waals surface area contributed by atoms with Gasteiger partial charge in [0.2, 0.25) is 5.91 Å². The van der Waals surface area contributed by atoms with Gasteiger partial charge in [-0.1, -0.05) is 37.8 Å². The SMILES string of the molecule is NCCCN(C(=O)C1CCCCCC1)c1ccccc1F. The minimum absolute atomic E-state index is 0.0323. The molecule has 0 aliphatic heterocycles. The topological polar surface area (TPSA) is 46.3 Å². The lowest BCUT2D eigenvalue weighted by atomic mass is 9.98. The maximum atomic E-state index is 14.0. The van der Waals surface area contributed by atoms with Crippen LogP contribution in [-0.2, 0) is 4.79 Å². The average Bonchev–Trinajstić information content (AvgIpc) is 2.78. The first-order valence-electron chi connectivity index (χ1n) is 8.00. The van der Waals surface area contributed by atoms with Crippen LogP contribution in [0.2, 0.25) is 0 Å². The summed E-state index contributed by atoms with van der Waals surface area (Å²) in [6, 6.07) is 6.51. The first-order chi connectivity index (χ1) is 10.2. The van der Waals surface area contributed by atoms with Gasteiger partial charge in [0.15, 0.2) is 0 Å². The van der Waals surface area contributed by atoms with Gasteiger partial charge in [-0.3, -0.25) is 4.79 Å². The number of carbonyl (C=O) groups excluding carboxylic acids is 1. The summed E-state index contributed by atoms with van der Waals surface area (Å²) in [6.07, 6.45) is 7.13. The molecule has 1 saturated carbocycles. The third kappa shape index (κ3) is 4.27. The van der Waals surface area contributed by atoms with E-state index >= 15 is 0 Å². The average molecular weight is 292 g/mol. The molecule has 1 aliphatic carbocycles. The van der Waals surface area contributed by atoms with E-state index in [0.717, 1.165) is 25.7 Å². The van der Waals surface area contributed by atoms with Gasteiger partial charge in [-0.05, 0) is 37.9 Å². The summed E-state index contributed by atoms with van der Waals surface area (Å²) in [5.74, 6) is -0.239. The van der Waals surface area contributed by atoms with Gasteiger partial charge in [0, 0.05) is 12.5 Å². The quantitative estimate of drug-likeness (QED) is 0.845. The molecule has 0 unspecified atom stereocenters. The molecule has 1 aliphatic rings. The number of halogens is 1. The molecule has 1 aromatic rings. The van der Waals surface area contributed by atoms with Crippen molar-refractivity contribution in [3.63, 3.8) is 0 Å². The van der Waals surface area contributed by atoms with Crippen LogP contribution in [0.25, 0.3) is 0 Å². The van der Waals surface area contributed by atoms with Crippen molar-refractivity contribution in [2.24, 2.45) is 11.7 Å². The van der Waals surface area contributed by atoms with E-state index in [1.165, 1.54) is 18.9 Å². The number of nitrogens with zero attached hydrogens (tertiary/aromatic N) is 1. The predicted octanol–water partition coefficient (Wildman–Crippen LogP) is 3.48. The van der Waals surface area contributed by atoms with Gasteiger partial charge in [-0.2, -0.15) is 0 Å².